The van der Waals surface area contributed by atoms with Gasteiger partial charge in [0.05, 0.1) is 10.7 Å². The van der Waals surface area contributed by atoms with Crippen molar-refractivity contribution >= 4 is 34.9 Å². The highest BCUT2D eigenvalue weighted by Gasteiger charge is 2.17. The first kappa shape index (κ1) is 14.1. The van der Waals surface area contributed by atoms with Crippen LogP contribution in [0.3, 0.4) is 0 Å². The zero-order chi connectivity index (χ0) is 13.0. The zero-order valence-corrected chi connectivity index (χ0v) is 11.6. The largest absolute Gasteiger partial charge is 0.336 e. The van der Waals surface area contributed by atoms with Crippen LogP contribution < -0.4 is 10.2 Å². The third-order valence-corrected chi connectivity index (χ3v) is 2.71. The van der Waals surface area contributed by atoms with E-state index in [4.69, 9.17) is 23.2 Å². The summed E-state index contributed by atoms with van der Waals surface area (Å²) in [5, 5.41) is 3.85. The van der Waals surface area contributed by atoms with Crippen molar-refractivity contribution in [1.29, 1.82) is 0 Å². The minimum Gasteiger partial charge on any atom is -0.336 e. The molecule has 1 aromatic carbocycles. The van der Waals surface area contributed by atoms with Crippen molar-refractivity contribution in [3.63, 3.8) is 0 Å². The maximum absolute atomic E-state index is 11.9. The minimum atomic E-state index is -0.160. The van der Waals surface area contributed by atoms with Crippen molar-refractivity contribution in [2.75, 3.05) is 11.4 Å². The van der Waals surface area contributed by atoms with Crippen molar-refractivity contribution in [1.82, 2.24) is 5.32 Å². The molecular weight excluding hydrogens is 259 g/mol. The van der Waals surface area contributed by atoms with Gasteiger partial charge < -0.3 is 5.32 Å². The predicted octanol–water partition coefficient (Wildman–Crippen LogP) is 3.94. The number of anilines is 1. The second kappa shape index (κ2) is 6.12. The van der Waals surface area contributed by atoms with E-state index in [1.54, 1.807) is 23.1 Å². The Morgan fingerprint density at radius 1 is 1.41 bits per heavy atom. The molecule has 17 heavy (non-hydrogen) atoms. The van der Waals surface area contributed by atoms with Crippen molar-refractivity contribution in [3.05, 3.63) is 28.2 Å². The minimum absolute atomic E-state index is 0.0858. The number of rotatable bonds is 3. The van der Waals surface area contributed by atoms with Gasteiger partial charge in [0.2, 0.25) is 0 Å². The predicted molar refractivity (Wildman–Crippen MR) is 73.1 cm³/mol. The number of carbonyl (C=O) groups is 1. The zero-order valence-electron chi connectivity index (χ0n) is 10.1. The Balaban J connectivity index is 2.97. The van der Waals surface area contributed by atoms with Crippen LogP contribution in [0.5, 0.6) is 0 Å². The molecule has 0 aliphatic carbocycles. The lowest BCUT2D eigenvalue weighted by atomic mass is 10.3. The molecule has 0 aromatic heterocycles. The van der Waals surface area contributed by atoms with Crippen LogP contribution in [0.25, 0.3) is 0 Å². The summed E-state index contributed by atoms with van der Waals surface area (Å²) in [6.45, 7) is 6.26. The first-order chi connectivity index (χ1) is 7.95. The number of benzene rings is 1. The first-order valence-electron chi connectivity index (χ1n) is 5.48. The monoisotopic (exact) mass is 274 g/mol. The lowest BCUT2D eigenvalue weighted by Gasteiger charge is -2.23. The number of hydrogen-bond acceptors (Lipinski definition) is 1. The van der Waals surface area contributed by atoms with Crippen molar-refractivity contribution in [2.45, 2.75) is 26.8 Å². The molecule has 5 heteroatoms. The summed E-state index contributed by atoms with van der Waals surface area (Å²) in [6, 6.07) is 5.01. The highest BCUT2D eigenvalue weighted by Crippen LogP contribution is 2.28. The van der Waals surface area contributed by atoms with Crippen LogP contribution in [-0.4, -0.2) is 18.6 Å². The molecule has 2 amide bonds. The number of halogens is 2. The maximum atomic E-state index is 11.9. The Hall–Kier alpha value is -0.930. The smallest absolute Gasteiger partial charge is 0.322 e. The molecule has 0 unspecified atom stereocenters. The summed E-state index contributed by atoms with van der Waals surface area (Å²) >= 11 is 11.9. The molecule has 94 valence electrons. The topological polar surface area (TPSA) is 32.3 Å². The fourth-order valence-electron chi connectivity index (χ4n) is 1.45. The molecule has 0 fully saturated rings. The summed E-state index contributed by atoms with van der Waals surface area (Å²) in [4.78, 5) is 13.5. The quantitative estimate of drug-likeness (QED) is 0.890. The summed E-state index contributed by atoms with van der Waals surface area (Å²) in [7, 11) is 0. The molecular formula is C12H16Cl2N2O. The molecule has 0 aliphatic rings. The molecule has 0 atom stereocenters. The van der Waals surface area contributed by atoms with E-state index in [0.29, 0.717) is 22.3 Å². The Bertz CT molecular complexity index is 407. The van der Waals surface area contributed by atoms with Gasteiger partial charge in [0.15, 0.2) is 0 Å². The van der Waals surface area contributed by atoms with E-state index in [1.807, 2.05) is 20.8 Å². The molecule has 0 bridgehead atoms. The van der Waals surface area contributed by atoms with E-state index in [2.05, 4.69) is 5.32 Å². The maximum Gasteiger partial charge on any atom is 0.322 e. The Labute approximate surface area is 112 Å². The molecule has 3 nitrogen and oxygen atoms in total. The van der Waals surface area contributed by atoms with Gasteiger partial charge in [-0.15, -0.1) is 0 Å². The van der Waals surface area contributed by atoms with Crippen LogP contribution >= 0.6 is 23.2 Å². The van der Waals surface area contributed by atoms with E-state index in [0.717, 1.165) is 0 Å². The SMILES string of the molecule is CCN(C(=O)NC(C)C)c1ccc(Cl)cc1Cl. The average molecular weight is 275 g/mol. The van der Waals surface area contributed by atoms with Crippen LogP contribution in [0.15, 0.2) is 18.2 Å². The number of hydrogen-bond donors (Lipinski definition) is 1. The van der Waals surface area contributed by atoms with Gasteiger partial charge >= 0.3 is 6.03 Å². The molecule has 0 heterocycles. The molecule has 0 aliphatic heterocycles. The summed E-state index contributed by atoms with van der Waals surface area (Å²) in [6.07, 6.45) is 0. The van der Waals surface area contributed by atoms with Crippen LogP contribution in [-0.2, 0) is 0 Å². The van der Waals surface area contributed by atoms with Crippen molar-refractivity contribution < 1.29 is 4.79 Å². The summed E-state index contributed by atoms with van der Waals surface area (Å²) in [5.41, 5.74) is 0.664. The number of urea groups is 1. The Morgan fingerprint density at radius 3 is 2.53 bits per heavy atom. The van der Waals surface area contributed by atoms with Gasteiger partial charge in [-0.2, -0.15) is 0 Å². The fraction of sp³-hybridized carbons (Fsp3) is 0.417. The van der Waals surface area contributed by atoms with Crippen LogP contribution in [0.1, 0.15) is 20.8 Å². The third kappa shape index (κ3) is 3.79. The van der Waals surface area contributed by atoms with Gasteiger partial charge in [0, 0.05) is 17.6 Å². The molecule has 1 N–H and O–H groups in total. The van der Waals surface area contributed by atoms with E-state index in [9.17, 15) is 4.79 Å². The van der Waals surface area contributed by atoms with Gasteiger partial charge in [0.1, 0.15) is 0 Å². The third-order valence-electron chi connectivity index (χ3n) is 2.17. The highest BCUT2D eigenvalue weighted by molar-refractivity contribution is 6.36. The molecule has 0 spiro atoms. The second-order valence-electron chi connectivity index (χ2n) is 3.94. The van der Waals surface area contributed by atoms with E-state index >= 15 is 0 Å². The first-order valence-corrected chi connectivity index (χ1v) is 6.24. The average Bonchev–Trinajstić information content (AvgIpc) is 2.21. The lowest BCUT2D eigenvalue weighted by molar-refractivity contribution is 0.244. The van der Waals surface area contributed by atoms with Gasteiger partial charge in [0.25, 0.3) is 0 Å². The van der Waals surface area contributed by atoms with E-state index in [1.165, 1.54) is 0 Å². The Kier molecular flexibility index (Phi) is 5.09. The molecule has 1 aromatic rings. The van der Waals surface area contributed by atoms with Gasteiger partial charge in [-0.1, -0.05) is 23.2 Å². The number of carbonyl (C=O) groups excluding carboxylic acids is 1. The van der Waals surface area contributed by atoms with Crippen LogP contribution in [0, 0.1) is 0 Å². The van der Waals surface area contributed by atoms with E-state index in [-0.39, 0.29) is 12.1 Å². The normalized spacial score (nSPS) is 10.5. The van der Waals surface area contributed by atoms with Crippen molar-refractivity contribution in [3.8, 4) is 0 Å². The molecule has 0 radical (unpaired) electrons. The summed E-state index contributed by atoms with van der Waals surface area (Å²) < 4.78 is 0. The van der Waals surface area contributed by atoms with Gasteiger partial charge in [-0.05, 0) is 39.0 Å². The highest BCUT2D eigenvalue weighted by atomic mass is 35.5. The molecule has 1 rings (SSSR count). The Morgan fingerprint density at radius 2 is 2.06 bits per heavy atom. The van der Waals surface area contributed by atoms with Gasteiger partial charge in [-0.3, -0.25) is 4.90 Å². The van der Waals surface area contributed by atoms with Crippen molar-refractivity contribution in [2.24, 2.45) is 0 Å². The number of nitrogens with one attached hydrogen (secondary N) is 1. The lowest BCUT2D eigenvalue weighted by Crippen LogP contribution is -2.43. The molecule has 0 saturated carbocycles. The standard InChI is InChI=1S/C12H16Cl2N2O/c1-4-16(12(17)15-8(2)3)11-6-5-9(13)7-10(11)14/h5-8H,4H2,1-3H3,(H,15,17). The summed E-state index contributed by atoms with van der Waals surface area (Å²) in [5.74, 6) is 0. The van der Waals surface area contributed by atoms with E-state index < -0.39 is 0 Å². The van der Waals surface area contributed by atoms with Gasteiger partial charge in [-0.25, -0.2) is 4.79 Å². The fourth-order valence-corrected chi connectivity index (χ4v) is 1.96. The number of amides is 2. The second-order valence-corrected chi connectivity index (χ2v) is 4.79. The molecule has 0 saturated heterocycles. The van der Waals surface area contributed by atoms with Crippen LogP contribution in [0.2, 0.25) is 10.0 Å². The van der Waals surface area contributed by atoms with Crippen LogP contribution in [0.4, 0.5) is 10.5 Å². The number of nitrogens with zero attached hydrogens (tertiary/aromatic N) is 1.